The van der Waals surface area contributed by atoms with Crippen LogP contribution in [0, 0.1) is 0 Å². The van der Waals surface area contributed by atoms with E-state index < -0.39 is 0 Å². The van der Waals surface area contributed by atoms with Crippen LogP contribution >= 0.6 is 0 Å². The summed E-state index contributed by atoms with van der Waals surface area (Å²) in [6.45, 7) is 3.19. The van der Waals surface area contributed by atoms with E-state index in [2.05, 4.69) is 11.9 Å². The van der Waals surface area contributed by atoms with Crippen molar-refractivity contribution in [1.82, 2.24) is 14.7 Å². The van der Waals surface area contributed by atoms with Gasteiger partial charge in [-0.25, -0.2) is 4.79 Å². The van der Waals surface area contributed by atoms with Gasteiger partial charge in [0.25, 0.3) is 0 Å². The molecule has 1 saturated heterocycles. The monoisotopic (exact) mass is 215 g/mol. The Hall–Kier alpha value is -0.810. The molecule has 0 spiro atoms. The van der Waals surface area contributed by atoms with E-state index in [0.29, 0.717) is 6.61 Å². The Bertz CT molecular complexity index is 221. The van der Waals surface area contributed by atoms with Crippen LogP contribution in [0.3, 0.4) is 0 Å². The molecule has 1 unspecified atom stereocenters. The summed E-state index contributed by atoms with van der Waals surface area (Å²) in [4.78, 5) is 17.6. The third-order valence-electron chi connectivity index (χ3n) is 2.67. The fourth-order valence-electron chi connectivity index (χ4n) is 1.85. The van der Waals surface area contributed by atoms with Crippen LogP contribution in [0.2, 0.25) is 0 Å². The van der Waals surface area contributed by atoms with Crippen molar-refractivity contribution in [1.29, 1.82) is 0 Å². The van der Waals surface area contributed by atoms with Gasteiger partial charge in [-0.05, 0) is 7.05 Å². The average molecular weight is 215 g/mol. The molecule has 1 aliphatic rings. The fourth-order valence-corrected chi connectivity index (χ4v) is 1.85. The Morgan fingerprint density at radius 3 is 2.67 bits per heavy atom. The molecule has 88 valence electrons. The number of likely N-dealkylation sites (N-methyl/N-ethyl adjacent to an activating group) is 1. The lowest BCUT2D eigenvalue weighted by Gasteiger charge is -2.40. The number of carbonyl (C=O) groups is 1. The molecule has 1 fully saturated rings. The standard InChI is InChI=1S/C10H21N3O2/c1-11(2)10(14)13-6-5-12(3)7-9(13)8-15-4/h9H,5-8H2,1-4H3. The van der Waals surface area contributed by atoms with Crippen molar-refractivity contribution in [2.75, 3.05) is 54.5 Å². The molecular formula is C10H21N3O2. The number of nitrogens with zero attached hydrogens (tertiary/aromatic N) is 3. The molecule has 0 saturated carbocycles. The first-order chi connectivity index (χ1) is 7.06. The SMILES string of the molecule is COCC1CN(C)CCN1C(=O)N(C)C. The zero-order valence-electron chi connectivity index (χ0n) is 10.1. The Kier molecular flexibility index (Phi) is 4.35. The molecule has 1 rings (SSSR count). The van der Waals surface area contributed by atoms with Crippen molar-refractivity contribution in [2.45, 2.75) is 6.04 Å². The summed E-state index contributed by atoms with van der Waals surface area (Å²) in [7, 11) is 7.31. The molecule has 0 aromatic carbocycles. The molecular weight excluding hydrogens is 194 g/mol. The van der Waals surface area contributed by atoms with Crippen molar-refractivity contribution in [3.05, 3.63) is 0 Å². The molecule has 0 aromatic rings. The third kappa shape index (κ3) is 3.07. The Balaban J connectivity index is 2.63. The number of hydrogen-bond donors (Lipinski definition) is 0. The van der Waals surface area contributed by atoms with E-state index in [1.807, 2.05) is 4.90 Å². The zero-order chi connectivity index (χ0) is 11.4. The third-order valence-corrected chi connectivity index (χ3v) is 2.67. The molecule has 0 aromatic heterocycles. The smallest absolute Gasteiger partial charge is 0.319 e. The second-order valence-electron chi connectivity index (χ2n) is 4.24. The van der Waals surface area contributed by atoms with Crippen LogP contribution in [0.15, 0.2) is 0 Å². The molecule has 2 amide bonds. The van der Waals surface area contributed by atoms with E-state index in [-0.39, 0.29) is 12.1 Å². The first kappa shape index (κ1) is 12.3. The average Bonchev–Trinajstić information content (AvgIpc) is 2.17. The molecule has 0 radical (unpaired) electrons. The lowest BCUT2D eigenvalue weighted by molar-refractivity contribution is 0.0463. The number of carbonyl (C=O) groups excluding carboxylic acids is 1. The Labute approximate surface area is 91.6 Å². The highest BCUT2D eigenvalue weighted by atomic mass is 16.5. The van der Waals surface area contributed by atoms with Gasteiger partial charge in [0.1, 0.15) is 0 Å². The minimum absolute atomic E-state index is 0.0742. The summed E-state index contributed by atoms with van der Waals surface area (Å²) < 4.78 is 5.15. The van der Waals surface area contributed by atoms with E-state index in [4.69, 9.17) is 4.74 Å². The molecule has 5 nitrogen and oxygen atoms in total. The maximum atomic E-state index is 11.9. The van der Waals surface area contributed by atoms with Crippen LogP contribution in [0.1, 0.15) is 0 Å². The molecule has 0 aliphatic carbocycles. The maximum Gasteiger partial charge on any atom is 0.319 e. The van der Waals surface area contributed by atoms with Crippen molar-refractivity contribution < 1.29 is 9.53 Å². The van der Waals surface area contributed by atoms with Gasteiger partial charge in [-0.2, -0.15) is 0 Å². The van der Waals surface area contributed by atoms with E-state index in [0.717, 1.165) is 19.6 Å². The van der Waals surface area contributed by atoms with Gasteiger partial charge < -0.3 is 19.4 Å². The van der Waals surface area contributed by atoms with Crippen molar-refractivity contribution in [2.24, 2.45) is 0 Å². The highest BCUT2D eigenvalue weighted by Gasteiger charge is 2.29. The number of amides is 2. The zero-order valence-corrected chi connectivity index (χ0v) is 10.1. The van der Waals surface area contributed by atoms with Gasteiger partial charge in [0.15, 0.2) is 0 Å². The molecule has 15 heavy (non-hydrogen) atoms. The minimum Gasteiger partial charge on any atom is -0.382 e. The second-order valence-corrected chi connectivity index (χ2v) is 4.24. The van der Waals surface area contributed by atoms with E-state index in [1.54, 1.807) is 26.1 Å². The van der Waals surface area contributed by atoms with Gasteiger partial charge in [0.2, 0.25) is 0 Å². The van der Waals surface area contributed by atoms with Gasteiger partial charge in [-0.3, -0.25) is 0 Å². The van der Waals surface area contributed by atoms with Crippen molar-refractivity contribution in [3.63, 3.8) is 0 Å². The molecule has 0 bridgehead atoms. The molecule has 5 heteroatoms. The van der Waals surface area contributed by atoms with Gasteiger partial charge in [-0.15, -0.1) is 0 Å². The first-order valence-corrected chi connectivity index (χ1v) is 5.21. The number of rotatable bonds is 2. The predicted molar refractivity (Wildman–Crippen MR) is 59.0 cm³/mol. The van der Waals surface area contributed by atoms with Gasteiger partial charge >= 0.3 is 6.03 Å². The van der Waals surface area contributed by atoms with E-state index in [9.17, 15) is 4.79 Å². The Morgan fingerprint density at radius 2 is 2.13 bits per heavy atom. The summed E-state index contributed by atoms with van der Waals surface area (Å²) >= 11 is 0. The number of methoxy groups -OCH3 is 1. The highest BCUT2D eigenvalue weighted by Crippen LogP contribution is 2.10. The van der Waals surface area contributed by atoms with Crippen LogP contribution in [0.5, 0.6) is 0 Å². The fraction of sp³-hybridized carbons (Fsp3) is 0.900. The lowest BCUT2D eigenvalue weighted by atomic mass is 10.2. The lowest BCUT2D eigenvalue weighted by Crippen LogP contribution is -2.57. The summed E-state index contributed by atoms with van der Waals surface area (Å²) in [6.07, 6.45) is 0. The van der Waals surface area contributed by atoms with Crippen LogP contribution < -0.4 is 0 Å². The summed E-state index contributed by atoms with van der Waals surface area (Å²) in [5, 5.41) is 0. The highest BCUT2D eigenvalue weighted by molar-refractivity contribution is 5.74. The van der Waals surface area contributed by atoms with E-state index >= 15 is 0 Å². The number of hydrogen-bond acceptors (Lipinski definition) is 3. The molecule has 0 N–H and O–H groups in total. The minimum atomic E-state index is 0.0742. The summed E-state index contributed by atoms with van der Waals surface area (Å²) in [5.74, 6) is 0. The normalized spacial score (nSPS) is 22.9. The number of piperazine rings is 1. The van der Waals surface area contributed by atoms with Crippen molar-refractivity contribution >= 4 is 6.03 Å². The Morgan fingerprint density at radius 1 is 1.47 bits per heavy atom. The number of urea groups is 1. The molecule has 1 aliphatic heterocycles. The summed E-state index contributed by atoms with van der Waals surface area (Å²) in [5.41, 5.74) is 0. The molecule has 1 heterocycles. The quantitative estimate of drug-likeness (QED) is 0.647. The summed E-state index contributed by atoms with van der Waals surface area (Å²) in [6, 6.07) is 0.244. The van der Waals surface area contributed by atoms with Gasteiger partial charge in [-0.1, -0.05) is 0 Å². The van der Waals surface area contributed by atoms with Gasteiger partial charge in [0.05, 0.1) is 12.6 Å². The maximum absolute atomic E-state index is 11.9. The van der Waals surface area contributed by atoms with Crippen LogP contribution in [0.25, 0.3) is 0 Å². The molecule has 1 atom stereocenters. The second kappa shape index (κ2) is 5.32. The predicted octanol–water partition coefficient (Wildman–Crippen LogP) is -0.0696. The first-order valence-electron chi connectivity index (χ1n) is 5.21. The van der Waals surface area contributed by atoms with Gasteiger partial charge in [0, 0.05) is 40.8 Å². The van der Waals surface area contributed by atoms with Crippen LogP contribution in [-0.4, -0.2) is 81.3 Å². The van der Waals surface area contributed by atoms with Crippen LogP contribution in [-0.2, 0) is 4.74 Å². The van der Waals surface area contributed by atoms with Crippen molar-refractivity contribution in [3.8, 4) is 0 Å². The van der Waals surface area contributed by atoms with E-state index in [1.165, 1.54) is 0 Å². The van der Waals surface area contributed by atoms with Crippen LogP contribution in [0.4, 0.5) is 4.79 Å². The topological polar surface area (TPSA) is 36.0 Å². The number of ether oxygens (including phenoxy) is 1. The largest absolute Gasteiger partial charge is 0.382 e.